The first-order valence-corrected chi connectivity index (χ1v) is 7.81. The second-order valence-electron chi connectivity index (χ2n) is 5.01. The van der Waals surface area contributed by atoms with Crippen LogP contribution < -0.4 is 10.6 Å². The zero-order chi connectivity index (χ0) is 16.9. The first-order valence-electron chi connectivity index (χ1n) is 7.00. The van der Waals surface area contributed by atoms with Crippen molar-refractivity contribution in [3.63, 3.8) is 0 Å². The standard InChI is InChI=1S/C14H16F4N2O2S/c15-12-7-11(23-14(16,17)18)2-1-9(12)8-19-13(21)20-10-3-5-22-6-4-10/h1-2,7,10H,3-6,8H2,(H2,19,20,21). The molecule has 23 heavy (non-hydrogen) atoms. The lowest BCUT2D eigenvalue weighted by molar-refractivity contribution is -0.0328. The van der Waals surface area contributed by atoms with E-state index in [2.05, 4.69) is 10.6 Å². The number of alkyl halides is 3. The summed E-state index contributed by atoms with van der Waals surface area (Å²) in [6.07, 6.45) is 1.43. The number of thioether (sulfide) groups is 1. The van der Waals surface area contributed by atoms with E-state index in [-0.39, 0.29) is 34.8 Å². The smallest absolute Gasteiger partial charge is 0.381 e. The minimum Gasteiger partial charge on any atom is -0.381 e. The summed E-state index contributed by atoms with van der Waals surface area (Å²) in [5.41, 5.74) is -4.34. The number of halogens is 4. The van der Waals surface area contributed by atoms with Gasteiger partial charge in [-0.1, -0.05) is 6.07 Å². The molecule has 9 heteroatoms. The van der Waals surface area contributed by atoms with Gasteiger partial charge < -0.3 is 15.4 Å². The molecular formula is C14H16F4N2O2S. The molecule has 1 saturated heterocycles. The van der Waals surface area contributed by atoms with Gasteiger partial charge in [-0.15, -0.1) is 0 Å². The normalized spacial score (nSPS) is 16.2. The monoisotopic (exact) mass is 352 g/mol. The molecular weight excluding hydrogens is 336 g/mol. The highest BCUT2D eigenvalue weighted by molar-refractivity contribution is 8.00. The van der Waals surface area contributed by atoms with Crippen LogP contribution in [0.2, 0.25) is 0 Å². The molecule has 1 fully saturated rings. The van der Waals surface area contributed by atoms with Crippen LogP contribution in [0.4, 0.5) is 22.4 Å². The topological polar surface area (TPSA) is 50.4 Å². The second kappa shape index (κ2) is 7.87. The van der Waals surface area contributed by atoms with Crippen molar-refractivity contribution in [1.29, 1.82) is 0 Å². The molecule has 0 spiro atoms. The van der Waals surface area contributed by atoms with Gasteiger partial charge in [0.15, 0.2) is 0 Å². The van der Waals surface area contributed by atoms with Gasteiger partial charge in [-0.05, 0) is 36.7 Å². The van der Waals surface area contributed by atoms with Gasteiger partial charge in [-0.2, -0.15) is 13.2 Å². The Morgan fingerprint density at radius 3 is 2.61 bits per heavy atom. The maximum absolute atomic E-state index is 13.8. The summed E-state index contributed by atoms with van der Waals surface area (Å²) < 4.78 is 55.6. The molecule has 0 radical (unpaired) electrons. The van der Waals surface area contributed by atoms with Crippen molar-refractivity contribution in [2.45, 2.75) is 35.8 Å². The highest BCUT2D eigenvalue weighted by Gasteiger charge is 2.29. The maximum Gasteiger partial charge on any atom is 0.446 e. The van der Waals surface area contributed by atoms with Crippen LogP contribution in [0.3, 0.4) is 0 Å². The Morgan fingerprint density at radius 2 is 2.00 bits per heavy atom. The number of hydrogen-bond acceptors (Lipinski definition) is 3. The van der Waals surface area contributed by atoms with Gasteiger partial charge >= 0.3 is 11.5 Å². The molecule has 0 unspecified atom stereocenters. The van der Waals surface area contributed by atoms with Crippen LogP contribution in [-0.4, -0.2) is 30.8 Å². The third kappa shape index (κ3) is 6.26. The van der Waals surface area contributed by atoms with Gasteiger partial charge in [-0.25, -0.2) is 9.18 Å². The molecule has 0 aromatic heterocycles. The number of amides is 2. The maximum atomic E-state index is 13.8. The Labute approximate surface area is 135 Å². The number of nitrogens with one attached hydrogen (secondary N) is 2. The van der Waals surface area contributed by atoms with Gasteiger partial charge in [0.25, 0.3) is 0 Å². The molecule has 0 saturated carbocycles. The molecule has 2 rings (SSSR count). The molecule has 1 aromatic rings. The predicted octanol–water partition coefficient (Wildman–Crippen LogP) is 3.42. The third-order valence-electron chi connectivity index (χ3n) is 3.25. The number of ether oxygens (including phenoxy) is 1. The predicted molar refractivity (Wildman–Crippen MR) is 77.5 cm³/mol. The average molecular weight is 352 g/mol. The van der Waals surface area contributed by atoms with E-state index in [1.807, 2.05) is 0 Å². The molecule has 1 aromatic carbocycles. The Bertz CT molecular complexity index is 548. The lowest BCUT2D eigenvalue weighted by Crippen LogP contribution is -2.44. The van der Waals surface area contributed by atoms with Crippen molar-refractivity contribution in [1.82, 2.24) is 10.6 Å². The fourth-order valence-corrected chi connectivity index (χ4v) is 2.69. The minimum absolute atomic E-state index is 0.0131. The molecule has 2 amide bonds. The number of carbonyl (C=O) groups excluding carboxylic acids is 1. The molecule has 0 aliphatic carbocycles. The van der Waals surface area contributed by atoms with E-state index in [4.69, 9.17) is 4.74 Å². The van der Waals surface area contributed by atoms with E-state index in [0.717, 1.165) is 6.07 Å². The van der Waals surface area contributed by atoms with Gasteiger partial charge in [-0.3, -0.25) is 0 Å². The Hall–Kier alpha value is -1.48. The van der Waals surface area contributed by atoms with Crippen molar-refractivity contribution in [3.05, 3.63) is 29.6 Å². The fraction of sp³-hybridized carbons (Fsp3) is 0.500. The fourth-order valence-electron chi connectivity index (χ4n) is 2.12. The number of benzene rings is 1. The Morgan fingerprint density at radius 1 is 1.30 bits per heavy atom. The van der Waals surface area contributed by atoms with Crippen LogP contribution in [0.15, 0.2) is 23.1 Å². The van der Waals surface area contributed by atoms with Crippen LogP contribution in [0.25, 0.3) is 0 Å². The third-order valence-corrected chi connectivity index (χ3v) is 3.98. The van der Waals surface area contributed by atoms with Gasteiger partial charge in [0, 0.05) is 36.3 Å². The van der Waals surface area contributed by atoms with E-state index >= 15 is 0 Å². The lowest BCUT2D eigenvalue weighted by atomic mass is 10.1. The lowest BCUT2D eigenvalue weighted by Gasteiger charge is -2.23. The van der Waals surface area contributed by atoms with Crippen molar-refractivity contribution in [2.75, 3.05) is 13.2 Å². The molecule has 128 valence electrons. The SMILES string of the molecule is O=C(NCc1ccc(SC(F)(F)F)cc1F)NC1CCOCC1. The summed E-state index contributed by atoms with van der Waals surface area (Å²) in [6.45, 7) is 1.06. The van der Waals surface area contributed by atoms with E-state index in [9.17, 15) is 22.4 Å². The van der Waals surface area contributed by atoms with Gasteiger partial charge in [0.05, 0.1) is 0 Å². The first-order chi connectivity index (χ1) is 10.8. The van der Waals surface area contributed by atoms with E-state index in [1.165, 1.54) is 12.1 Å². The summed E-state index contributed by atoms with van der Waals surface area (Å²) in [6, 6.07) is 2.79. The zero-order valence-electron chi connectivity index (χ0n) is 12.1. The summed E-state index contributed by atoms with van der Waals surface area (Å²) in [4.78, 5) is 11.5. The zero-order valence-corrected chi connectivity index (χ0v) is 12.9. The molecule has 1 aliphatic rings. The molecule has 0 bridgehead atoms. The van der Waals surface area contributed by atoms with E-state index in [0.29, 0.717) is 26.1 Å². The summed E-state index contributed by atoms with van der Waals surface area (Å²) in [5.74, 6) is -0.786. The average Bonchev–Trinajstić information content (AvgIpc) is 2.46. The number of carbonyl (C=O) groups is 1. The van der Waals surface area contributed by atoms with E-state index in [1.54, 1.807) is 0 Å². The summed E-state index contributed by atoms with van der Waals surface area (Å²) >= 11 is -0.380. The highest BCUT2D eigenvalue weighted by Crippen LogP contribution is 2.37. The van der Waals surface area contributed by atoms with Crippen molar-refractivity contribution in [2.24, 2.45) is 0 Å². The second-order valence-corrected chi connectivity index (χ2v) is 6.15. The van der Waals surface area contributed by atoms with E-state index < -0.39 is 17.4 Å². The molecule has 1 aliphatic heterocycles. The minimum atomic E-state index is -4.46. The Kier molecular flexibility index (Phi) is 6.11. The largest absolute Gasteiger partial charge is 0.446 e. The van der Waals surface area contributed by atoms with Crippen molar-refractivity contribution < 1.29 is 27.1 Å². The van der Waals surface area contributed by atoms with Crippen LogP contribution in [0.5, 0.6) is 0 Å². The van der Waals surface area contributed by atoms with Crippen LogP contribution >= 0.6 is 11.8 Å². The Balaban J connectivity index is 1.84. The summed E-state index contributed by atoms with van der Waals surface area (Å²) in [5, 5.41) is 5.24. The van der Waals surface area contributed by atoms with Gasteiger partial charge in [0.1, 0.15) is 5.82 Å². The van der Waals surface area contributed by atoms with Crippen LogP contribution in [0.1, 0.15) is 18.4 Å². The van der Waals surface area contributed by atoms with Crippen LogP contribution in [-0.2, 0) is 11.3 Å². The highest BCUT2D eigenvalue weighted by atomic mass is 32.2. The molecule has 4 nitrogen and oxygen atoms in total. The van der Waals surface area contributed by atoms with Crippen molar-refractivity contribution >= 4 is 17.8 Å². The van der Waals surface area contributed by atoms with Gasteiger partial charge in [0.2, 0.25) is 0 Å². The molecule has 0 atom stereocenters. The van der Waals surface area contributed by atoms with Crippen LogP contribution in [0, 0.1) is 5.82 Å². The number of rotatable bonds is 4. The quantitative estimate of drug-likeness (QED) is 0.645. The first kappa shape index (κ1) is 17.9. The number of urea groups is 1. The molecule has 1 heterocycles. The summed E-state index contributed by atoms with van der Waals surface area (Å²) in [7, 11) is 0. The number of hydrogen-bond donors (Lipinski definition) is 2. The van der Waals surface area contributed by atoms with Crippen molar-refractivity contribution in [3.8, 4) is 0 Å². The molecule has 2 N–H and O–H groups in total.